The van der Waals surface area contributed by atoms with Crippen molar-refractivity contribution >= 4 is 22.6 Å². The quantitative estimate of drug-likeness (QED) is 0.629. The lowest BCUT2D eigenvalue weighted by atomic mass is 10.1. The molecule has 0 bridgehead atoms. The molecule has 3 rings (SSSR count). The number of benzene rings is 2. The molecule has 124 valence electrons. The number of rotatable bonds is 4. The molecule has 3 aromatic rings. The maximum Gasteiger partial charge on any atom is 0.136 e. The lowest BCUT2D eigenvalue weighted by Gasteiger charge is -2.05. The van der Waals surface area contributed by atoms with Crippen molar-refractivity contribution in [2.24, 2.45) is 0 Å². The van der Waals surface area contributed by atoms with Crippen LogP contribution in [-0.2, 0) is 0 Å². The molecule has 0 fully saturated rings. The summed E-state index contributed by atoms with van der Waals surface area (Å²) in [6.45, 7) is 4.10. The van der Waals surface area contributed by atoms with Crippen LogP contribution in [0, 0.1) is 31.0 Å². The van der Waals surface area contributed by atoms with Gasteiger partial charge in [0.25, 0.3) is 0 Å². The van der Waals surface area contributed by atoms with Crippen LogP contribution in [0.5, 0.6) is 0 Å². The van der Waals surface area contributed by atoms with Crippen LogP contribution in [0.2, 0.25) is 0 Å². The van der Waals surface area contributed by atoms with Crippen molar-refractivity contribution in [1.82, 2.24) is 4.98 Å². The highest BCUT2D eigenvalue weighted by atomic mass is 32.1. The van der Waals surface area contributed by atoms with Gasteiger partial charge in [-0.1, -0.05) is 6.07 Å². The molecule has 0 saturated heterocycles. The molecule has 1 aromatic heterocycles. The number of halogens is 1. The first-order valence-electron chi connectivity index (χ1n) is 7.73. The topological polar surface area (TPSA) is 48.7 Å². The first-order chi connectivity index (χ1) is 12.1. The minimum absolute atomic E-state index is 0.283. The van der Waals surface area contributed by atoms with Gasteiger partial charge in [0, 0.05) is 22.8 Å². The van der Waals surface area contributed by atoms with Gasteiger partial charge in [-0.05, 0) is 61.4 Å². The van der Waals surface area contributed by atoms with Crippen LogP contribution >= 0.6 is 11.3 Å². The average Bonchev–Trinajstić information content (AvgIpc) is 3.09. The Balaban J connectivity index is 1.82. The summed E-state index contributed by atoms with van der Waals surface area (Å²) in [5.41, 5.74) is 5.34. The van der Waals surface area contributed by atoms with Gasteiger partial charge in [-0.2, -0.15) is 5.26 Å². The lowest BCUT2D eigenvalue weighted by molar-refractivity contribution is 0.628. The average molecular weight is 349 g/mol. The number of aryl methyl sites for hydroxylation is 2. The summed E-state index contributed by atoms with van der Waals surface area (Å²) in [5.74, 6) is -0.283. The van der Waals surface area contributed by atoms with E-state index in [1.54, 1.807) is 18.3 Å². The molecule has 0 aliphatic carbocycles. The number of hydrogen-bond acceptors (Lipinski definition) is 4. The van der Waals surface area contributed by atoms with Gasteiger partial charge >= 0.3 is 0 Å². The summed E-state index contributed by atoms with van der Waals surface area (Å²) in [6.07, 6.45) is 1.66. The molecule has 0 amide bonds. The standard InChI is InChI=1S/C20H16FN3S/c1-13-3-8-18(9-14(13)2)23-11-16(10-22)20-24-19(12-25-20)15-4-6-17(21)7-5-15/h3-9,11-12,23H,1-2H3. The predicted molar refractivity (Wildman–Crippen MR) is 101 cm³/mol. The second-order valence-corrected chi connectivity index (χ2v) is 6.52. The Morgan fingerprint density at radius 1 is 1.16 bits per heavy atom. The van der Waals surface area contributed by atoms with Crippen molar-refractivity contribution in [2.75, 3.05) is 5.32 Å². The fourth-order valence-electron chi connectivity index (χ4n) is 2.28. The van der Waals surface area contributed by atoms with Gasteiger partial charge in [-0.15, -0.1) is 11.3 Å². The van der Waals surface area contributed by atoms with Gasteiger partial charge in [0.2, 0.25) is 0 Å². The highest BCUT2D eigenvalue weighted by Crippen LogP contribution is 2.26. The molecule has 0 unspecified atom stereocenters. The van der Waals surface area contributed by atoms with E-state index in [0.29, 0.717) is 10.6 Å². The van der Waals surface area contributed by atoms with E-state index in [-0.39, 0.29) is 5.82 Å². The molecule has 0 aliphatic heterocycles. The first-order valence-corrected chi connectivity index (χ1v) is 8.60. The molecule has 0 spiro atoms. The molecule has 1 heterocycles. The van der Waals surface area contributed by atoms with Crippen LogP contribution in [0.1, 0.15) is 16.1 Å². The summed E-state index contributed by atoms with van der Waals surface area (Å²) in [5, 5.41) is 15.1. The van der Waals surface area contributed by atoms with E-state index in [4.69, 9.17) is 0 Å². The molecule has 0 aliphatic rings. The number of anilines is 1. The zero-order valence-corrected chi connectivity index (χ0v) is 14.7. The van der Waals surface area contributed by atoms with Crippen molar-refractivity contribution in [3.05, 3.63) is 76.0 Å². The van der Waals surface area contributed by atoms with Gasteiger partial charge in [0.15, 0.2) is 0 Å². The maximum absolute atomic E-state index is 13.0. The number of nitrogens with one attached hydrogen (secondary N) is 1. The molecule has 0 saturated carbocycles. The van der Waals surface area contributed by atoms with Crippen molar-refractivity contribution in [3.63, 3.8) is 0 Å². The Morgan fingerprint density at radius 2 is 1.92 bits per heavy atom. The van der Waals surface area contributed by atoms with E-state index in [2.05, 4.69) is 23.3 Å². The zero-order chi connectivity index (χ0) is 17.8. The number of allylic oxidation sites excluding steroid dienone is 1. The number of hydrogen-bond donors (Lipinski definition) is 1. The number of nitriles is 1. The van der Waals surface area contributed by atoms with Crippen LogP contribution in [0.4, 0.5) is 10.1 Å². The smallest absolute Gasteiger partial charge is 0.136 e. The third-order valence-electron chi connectivity index (χ3n) is 3.89. The van der Waals surface area contributed by atoms with Crippen LogP contribution < -0.4 is 5.32 Å². The van der Waals surface area contributed by atoms with Gasteiger partial charge in [0.1, 0.15) is 22.5 Å². The first kappa shape index (κ1) is 16.9. The second kappa shape index (κ2) is 7.29. The van der Waals surface area contributed by atoms with Crippen molar-refractivity contribution in [3.8, 4) is 17.3 Å². The van der Waals surface area contributed by atoms with Gasteiger partial charge in [-0.25, -0.2) is 9.37 Å². The fourth-order valence-corrected chi connectivity index (χ4v) is 3.07. The van der Waals surface area contributed by atoms with Gasteiger partial charge in [0.05, 0.1) is 5.69 Å². The van der Waals surface area contributed by atoms with E-state index < -0.39 is 0 Å². The van der Waals surface area contributed by atoms with E-state index in [0.717, 1.165) is 16.9 Å². The monoisotopic (exact) mass is 349 g/mol. The third-order valence-corrected chi connectivity index (χ3v) is 4.76. The predicted octanol–water partition coefficient (Wildman–Crippen LogP) is 5.54. The SMILES string of the molecule is Cc1ccc(NC=C(C#N)c2nc(-c3ccc(F)cc3)cs2)cc1C. The molecule has 1 N–H and O–H groups in total. The van der Waals surface area contributed by atoms with E-state index >= 15 is 0 Å². The minimum Gasteiger partial charge on any atom is -0.360 e. The van der Waals surface area contributed by atoms with Crippen LogP contribution in [0.15, 0.2) is 54.0 Å². The minimum atomic E-state index is -0.283. The van der Waals surface area contributed by atoms with E-state index in [1.807, 2.05) is 30.5 Å². The van der Waals surface area contributed by atoms with Crippen LogP contribution in [0.3, 0.4) is 0 Å². The fraction of sp³-hybridized carbons (Fsp3) is 0.100. The molecule has 3 nitrogen and oxygen atoms in total. The molecular formula is C20H16FN3S. The highest BCUT2D eigenvalue weighted by Gasteiger charge is 2.09. The Morgan fingerprint density at radius 3 is 2.60 bits per heavy atom. The van der Waals surface area contributed by atoms with Crippen LogP contribution in [-0.4, -0.2) is 4.98 Å². The molecule has 5 heteroatoms. The van der Waals surface area contributed by atoms with Gasteiger partial charge < -0.3 is 5.32 Å². The van der Waals surface area contributed by atoms with Crippen molar-refractivity contribution in [1.29, 1.82) is 5.26 Å². The molecule has 0 atom stereocenters. The number of thiazole rings is 1. The highest BCUT2D eigenvalue weighted by molar-refractivity contribution is 7.11. The Labute approximate surface area is 150 Å². The molecule has 25 heavy (non-hydrogen) atoms. The summed E-state index contributed by atoms with van der Waals surface area (Å²) in [6, 6.07) is 14.4. The van der Waals surface area contributed by atoms with Gasteiger partial charge in [-0.3, -0.25) is 0 Å². The Kier molecular flexibility index (Phi) is 4.92. The van der Waals surface area contributed by atoms with Crippen LogP contribution in [0.25, 0.3) is 16.8 Å². The normalized spacial score (nSPS) is 11.2. The number of aromatic nitrogens is 1. The lowest BCUT2D eigenvalue weighted by Crippen LogP contribution is -1.92. The van der Waals surface area contributed by atoms with E-state index in [9.17, 15) is 9.65 Å². The zero-order valence-electron chi connectivity index (χ0n) is 13.9. The van der Waals surface area contributed by atoms with E-state index in [1.165, 1.54) is 34.6 Å². The molecule has 0 radical (unpaired) electrons. The molecular weight excluding hydrogens is 333 g/mol. The second-order valence-electron chi connectivity index (χ2n) is 5.66. The summed E-state index contributed by atoms with van der Waals surface area (Å²) < 4.78 is 13.0. The third kappa shape index (κ3) is 3.93. The number of nitrogens with zero attached hydrogens (tertiary/aromatic N) is 2. The molecule has 2 aromatic carbocycles. The Bertz CT molecular complexity index is 965. The van der Waals surface area contributed by atoms with Crippen molar-refractivity contribution < 1.29 is 4.39 Å². The maximum atomic E-state index is 13.0. The summed E-state index contributed by atoms with van der Waals surface area (Å²) in [4.78, 5) is 4.49. The largest absolute Gasteiger partial charge is 0.360 e. The summed E-state index contributed by atoms with van der Waals surface area (Å²) in [7, 11) is 0. The Hall–Kier alpha value is -2.97. The summed E-state index contributed by atoms with van der Waals surface area (Å²) >= 11 is 1.39. The van der Waals surface area contributed by atoms with Crippen molar-refractivity contribution in [2.45, 2.75) is 13.8 Å².